The van der Waals surface area contributed by atoms with E-state index >= 15 is 0 Å². The van der Waals surface area contributed by atoms with Crippen LogP contribution in [0.15, 0.2) is 36.4 Å². The van der Waals surface area contributed by atoms with Gasteiger partial charge < -0.3 is 0 Å². The second kappa shape index (κ2) is 7.41. The lowest BCUT2D eigenvalue weighted by Gasteiger charge is -2.23. The van der Waals surface area contributed by atoms with Gasteiger partial charge in [-0.05, 0) is 51.6 Å². The van der Waals surface area contributed by atoms with E-state index in [0.717, 1.165) is 10.9 Å². The third kappa shape index (κ3) is 3.72. The van der Waals surface area contributed by atoms with Gasteiger partial charge in [-0.1, -0.05) is 71.9 Å². The van der Waals surface area contributed by atoms with Gasteiger partial charge in [0.05, 0.1) is 5.30 Å². The van der Waals surface area contributed by atoms with Crippen LogP contribution in [0.4, 0.5) is 0 Å². The first kappa shape index (κ1) is 17.9. The van der Waals surface area contributed by atoms with Gasteiger partial charge in [0.1, 0.15) is 0 Å². The van der Waals surface area contributed by atoms with Crippen molar-refractivity contribution in [3.63, 3.8) is 0 Å². The summed E-state index contributed by atoms with van der Waals surface area (Å²) in [6.07, 6.45) is 0. The Morgan fingerprint density at radius 3 is 1.74 bits per heavy atom. The molecule has 2 heteroatoms. The zero-order valence-electron chi connectivity index (χ0n) is 15.1. The minimum absolute atomic E-state index is 0.0842. The average Bonchev–Trinajstić information content (AvgIpc) is 2.53. The maximum atomic E-state index is 11.6. The Labute approximate surface area is 142 Å². The van der Waals surface area contributed by atoms with Crippen LogP contribution in [0.3, 0.4) is 0 Å². The first-order valence-corrected chi connectivity index (χ1v) is 9.28. The highest BCUT2D eigenvalue weighted by Gasteiger charge is 2.20. The van der Waals surface area contributed by atoms with Crippen LogP contribution in [0.25, 0.3) is 11.1 Å². The SMILES string of the molecule is CC(C)c1cc(C(C)C)c(-c2ccccc2P=O)c(C(C)C)c1. The maximum absolute atomic E-state index is 11.6. The number of hydrogen-bond donors (Lipinski definition) is 0. The number of hydrogen-bond acceptors (Lipinski definition) is 1. The fraction of sp³-hybridized carbons (Fsp3) is 0.429. The Bertz CT molecular complexity index is 670. The summed E-state index contributed by atoms with van der Waals surface area (Å²) in [5.74, 6) is 1.36. The van der Waals surface area contributed by atoms with Crippen molar-refractivity contribution in [3.05, 3.63) is 53.1 Å². The molecule has 0 radical (unpaired) electrons. The molecule has 122 valence electrons. The van der Waals surface area contributed by atoms with Crippen LogP contribution in [0, 0.1) is 0 Å². The molecule has 0 saturated heterocycles. The summed E-state index contributed by atoms with van der Waals surface area (Å²) in [6.45, 7) is 13.4. The molecule has 1 nitrogen and oxygen atoms in total. The summed E-state index contributed by atoms with van der Waals surface area (Å²) in [5, 5.41) is 0.869. The van der Waals surface area contributed by atoms with Crippen LogP contribution >= 0.6 is 8.46 Å². The van der Waals surface area contributed by atoms with Crippen LogP contribution in [-0.2, 0) is 4.57 Å². The van der Waals surface area contributed by atoms with Crippen molar-refractivity contribution in [2.24, 2.45) is 0 Å². The number of rotatable bonds is 5. The van der Waals surface area contributed by atoms with E-state index in [-0.39, 0.29) is 8.46 Å². The van der Waals surface area contributed by atoms with E-state index in [1.807, 2.05) is 18.2 Å². The van der Waals surface area contributed by atoms with Crippen molar-refractivity contribution in [1.29, 1.82) is 0 Å². The molecule has 0 fully saturated rings. The molecule has 23 heavy (non-hydrogen) atoms. The molecule has 0 aliphatic heterocycles. The predicted octanol–water partition coefficient (Wildman–Crippen LogP) is 6.64. The van der Waals surface area contributed by atoms with Crippen molar-refractivity contribution in [3.8, 4) is 11.1 Å². The van der Waals surface area contributed by atoms with Gasteiger partial charge in [0, 0.05) is 0 Å². The smallest absolute Gasteiger partial charge is 0.192 e. The molecular formula is C21H27OP. The van der Waals surface area contributed by atoms with E-state index in [4.69, 9.17) is 0 Å². The van der Waals surface area contributed by atoms with Gasteiger partial charge in [-0.3, -0.25) is 4.57 Å². The van der Waals surface area contributed by atoms with Gasteiger partial charge in [-0.25, -0.2) is 0 Å². The molecule has 0 N–H and O–H groups in total. The number of benzene rings is 2. The monoisotopic (exact) mass is 326 g/mol. The largest absolute Gasteiger partial charge is 0.269 e. The molecule has 0 atom stereocenters. The lowest BCUT2D eigenvalue weighted by Crippen LogP contribution is -2.07. The highest BCUT2D eigenvalue weighted by molar-refractivity contribution is 7.34. The van der Waals surface area contributed by atoms with Crippen LogP contribution in [-0.4, -0.2) is 0 Å². The van der Waals surface area contributed by atoms with Gasteiger partial charge in [0.25, 0.3) is 0 Å². The van der Waals surface area contributed by atoms with Crippen LogP contribution < -0.4 is 5.30 Å². The Balaban J connectivity index is 2.86. The van der Waals surface area contributed by atoms with E-state index in [1.165, 1.54) is 22.3 Å². The minimum Gasteiger partial charge on any atom is -0.269 e. The summed E-state index contributed by atoms with van der Waals surface area (Å²) >= 11 is 0. The third-order valence-corrected chi connectivity index (χ3v) is 4.99. The van der Waals surface area contributed by atoms with Crippen molar-refractivity contribution < 1.29 is 4.57 Å². The molecule has 0 aliphatic carbocycles. The highest BCUT2D eigenvalue weighted by Crippen LogP contribution is 2.38. The van der Waals surface area contributed by atoms with E-state index in [9.17, 15) is 4.57 Å². The van der Waals surface area contributed by atoms with E-state index in [1.54, 1.807) is 0 Å². The molecule has 0 bridgehead atoms. The van der Waals surface area contributed by atoms with E-state index < -0.39 is 0 Å². The van der Waals surface area contributed by atoms with Crippen LogP contribution in [0.2, 0.25) is 0 Å². The zero-order chi connectivity index (χ0) is 17.1. The van der Waals surface area contributed by atoms with Crippen molar-refractivity contribution in [1.82, 2.24) is 0 Å². The van der Waals surface area contributed by atoms with E-state index in [2.05, 4.69) is 59.7 Å². The standard InChI is InChI=1S/C21H27OP/c1-13(2)16-11-18(14(3)4)21(19(12-16)15(5)6)17-9-7-8-10-20(17)23-22/h7-15H,1-6H3. The molecular weight excluding hydrogens is 299 g/mol. The van der Waals surface area contributed by atoms with Gasteiger partial charge in [0.2, 0.25) is 0 Å². The van der Waals surface area contributed by atoms with Crippen molar-refractivity contribution >= 4 is 13.8 Å². The summed E-state index contributed by atoms with van der Waals surface area (Å²) in [6, 6.07) is 12.7. The minimum atomic E-state index is 0.0842. The molecule has 0 spiro atoms. The lowest BCUT2D eigenvalue weighted by molar-refractivity contribution is 0.603. The average molecular weight is 326 g/mol. The Hall–Kier alpha value is -1.46. The molecule has 2 rings (SSSR count). The summed E-state index contributed by atoms with van der Waals surface area (Å²) in [5.41, 5.74) is 6.48. The molecule has 0 aromatic heterocycles. The van der Waals surface area contributed by atoms with Crippen LogP contribution in [0.5, 0.6) is 0 Å². The molecule has 0 heterocycles. The van der Waals surface area contributed by atoms with Crippen molar-refractivity contribution in [2.75, 3.05) is 0 Å². The topological polar surface area (TPSA) is 17.1 Å². The maximum Gasteiger partial charge on any atom is 0.192 e. The predicted molar refractivity (Wildman–Crippen MR) is 101 cm³/mol. The van der Waals surface area contributed by atoms with Gasteiger partial charge in [0.15, 0.2) is 8.46 Å². The van der Waals surface area contributed by atoms with Gasteiger partial charge >= 0.3 is 0 Å². The molecule has 2 aromatic rings. The van der Waals surface area contributed by atoms with Crippen molar-refractivity contribution in [2.45, 2.75) is 59.3 Å². The van der Waals surface area contributed by atoms with Crippen LogP contribution in [0.1, 0.15) is 76.0 Å². The summed E-state index contributed by atoms with van der Waals surface area (Å²) in [7, 11) is 0.0842. The second-order valence-electron chi connectivity index (χ2n) is 7.15. The summed E-state index contributed by atoms with van der Waals surface area (Å²) in [4.78, 5) is 0. The zero-order valence-corrected chi connectivity index (χ0v) is 15.9. The fourth-order valence-corrected chi connectivity index (χ4v) is 3.46. The first-order chi connectivity index (χ1) is 10.9. The normalized spacial score (nSPS) is 11.9. The first-order valence-electron chi connectivity index (χ1n) is 8.47. The van der Waals surface area contributed by atoms with Gasteiger partial charge in [-0.15, -0.1) is 0 Å². The molecule has 0 unspecified atom stereocenters. The molecule has 2 aromatic carbocycles. The van der Waals surface area contributed by atoms with E-state index in [0.29, 0.717) is 17.8 Å². The Morgan fingerprint density at radius 2 is 1.30 bits per heavy atom. The fourth-order valence-electron chi connectivity index (χ4n) is 3.03. The lowest BCUT2D eigenvalue weighted by atomic mass is 9.82. The highest BCUT2D eigenvalue weighted by atomic mass is 31.1. The molecule has 0 saturated carbocycles. The third-order valence-electron chi connectivity index (χ3n) is 4.40. The molecule has 0 aliphatic rings. The molecule has 0 amide bonds. The Kier molecular flexibility index (Phi) is 5.76. The summed E-state index contributed by atoms with van der Waals surface area (Å²) < 4.78 is 11.6. The Morgan fingerprint density at radius 1 is 0.783 bits per heavy atom. The second-order valence-corrected chi connectivity index (χ2v) is 7.81. The van der Waals surface area contributed by atoms with Gasteiger partial charge in [-0.2, -0.15) is 0 Å². The quantitative estimate of drug-likeness (QED) is 0.563.